The molecule has 1 rings (SSSR count). The van der Waals surface area contributed by atoms with Gasteiger partial charge in [-0.25, -0.2) is 0 Å². The van der Waals surface area contributed by atoms with E-state index in [4.69, 9.17) is 16.9 Å². The van der Waals surface area contributed by atoms with Crippen molar-refractivity contribution in [3.8, 4) is 0 Å². The lowest BCUT2D eigenvalue weighted by molar-refractivity contribution is -0.114. The molecule has 6 N–H and O–H groups in total. The molecule has 0 saturated heterocycles. The molecule has 0 heterocycles. The van der Waals surface area contributed by atoms with Crippen LogP contribution < -0.4 is 16.8 Å². The van der Waals surface area contributed by atoms with Crippen LogP contribution in [0.2, 0.25) is 0 Å². The number of carbonyl (C=O) groups excluding carboxylic acids is 1. The number of hydrogen-bond acceptors (Lipinski definition) is 5. The molecular formula is C8H14N4O2. The molecule has 0 aliphatic heterocycles. The molecule has 0 unspecified atom stereocenters. The summed E-state index contributed by atoms with van der Waals surface area (Å²) in [5.41, 5.74) is 10.6. The van der Waals surface area contributed by atoms with Gasteiger partial charge < -0.3 is 21.5 Å². The lowest BCUT2D eigenvalue weighted by atomic mass is 10.2. The van der Waals surface area contributed by atoms with Crippen molar-refractivity contribution in [3.63, 3.8) is 0 Å². The van der Waals surface area contributed by atoms with E-state index >= 15 is 0 Å². The van der Waals surface area contributed by atoms with Gasteiger partial charge >= 0.3 is 0 Å². The second-order valence-corrected chi connectivity index (χ2v) is 3.10. The van der Waals surface area contributed by atoms with E-state index in [0.717, 1.165) is 12.8 Å². The maximum Gasteiger partial charge on any atom is 0.257 e. The summed E-state index contributed by atoms with van der Waals surface area (Å²) in [5.74, 6) is -0.961. The maximum atomic E-state index is 11.0. The Labute approximate surface area is 81.8 Å². The molecule has 1 aliphatic rings. The van der Waals surface area contributed by atoms with Crippen LogP contribution in [0.1, 0.15) is 12.8 Å². The fourth-order valence-electron chi connectivity index (χ4n) is 0.989. The third kappa shape index (κ3) is 2.38. The Morgan fingerprint density at radius 1 is 1.50 bits per heavy atom. The molecule has 1 saturated carbocycles. The smallest absolute Gasteiger partial charge is 0.257 e. The number of nitrogens with one attached hydrogen (secondary N) is 2. The van der Waals surface area contributed by atoms with Crippen LogP contribution in [0.5, 0.6) is 0 Å². The summed E-state index contributed by atoms with van der Waals surface area (Å²) in [6.45, 7) is 0. The van der Waals surface area contributed by atoms with Gasteiger partial charge in [0, 0.05) is 6.04 Å². The van der Waals surface area contributed by atoms with E-state index in [2.05, 4.69) is 10.1 Å². The molecule has 0 spiro atoms. The molecule has 0 aromatic carbocycles. The number of methoxy groups -OCH3 is 1. The van der Waals surface area contributed by atoms with Gasteiger partial charge in [0.25, 0.3) is 5.91 Å². The van der Waals surface area contributed by atoms with E-state index in [0.29, 0.717) is 6.04 Å². The molecule has 0 aromatic heterocycles. The summed E-state index contributed by atoms with van der Waals surface area (Å²) < 4.78 is 4.60. The lowest BCUT2D eigenvalue weighted by Crippen LogP contribution is -2.32. The first-order valence-electron chi connectivity index (χ1n) is 4.25. The van der Waals surface area contributed by atoms with Gasteiger partial charge in [0.05, 0.1) is 7.11 Å². The van der Waals surface area contributed by atoms with Gasteiger partial charge in [-0.15, -0.1) is 0 Å². The van der Waals surface area contributed by atoms with E-state index in [9.17, 15) is 4.79 Å². The van der Waals surface area contributed by atoms with Crippen molar-refractivity contribution in [2.24, 2.45) is 11.5 Å². The van der Waals surface area contributed by atoms with Gasteiger partial charge in [-0.3, -0.25) is 10.2 Å². The summed E-state index contributed by atoms with van der Waals surface area (Å²) in [5, 5.41) is 10.2. The molecule has 14 heavy (non-hydrogen) atoms. The second kappa shape index (κ2) is 3.99. The normalized spacial score (nSPS) is 16.9. The van der Waals surface area contributed by atoms with Gasteiger partial charge in [-0.1, -0.05) is 0 Å². The van der Waals surface area contributed by atoms with Crippen molar-refractivity contribution in [2.75, 3.05) is 7.11 Å². The van der Waals surface area contributed by atoms with Crippen LogP contribution in [-0.4, -0.2) is 25.0 Å². The topological polar surface area (TPSA) is 114 Å². The Bertz CT molecular complexity index is 294. The number of carbonyl (C=O) groups is 1. The largest absolute Gasteiger partial charge is 0.481 e. The van der Waals surface area contributed by atoms with Crippen molar-refractivity contribution in [1.82, 2.24) is 5.32 Å². The average Bonchev–Trinajstić information content (AvgIpc) is 2.87. The SMILES string of the molecule is COC(=N)/C(C(N)=O)=C(\N)NC1CC1. The Hall–Kier alpha value is -1.72. The maximum absolute atomic E-state index is 11.0. The molecule has 0 radical (unpaired) electrons. The summed E-state index contributed by atoms with van der Waals surface area (Å²) >= 11 is 0. The molecule has 0 aromatic rings. The zero-order chi connectivity index (χ0) is 10.7. The van der Waals surface area contributed by atoms with Crippen molar-refractivity contribution >= 4 is 11.8 Å². The highest BCUT2D eigenvalue weighted by atomic mass is 16.5. The van der Waals surface area contributed by atoms with Gasteiger partial charge in [-0.2, -0.15) is 0 Å². The van der Waals surface area contributed by atoms with E-state index < -0.39 is 5.91 Å². The Kier molecular flexibility index (Phi) is 2.95. The van der Waals surface area contributed by atoms with Crippen LogP contribution in [0.15, 0.2) is 11.4 Å². The van der Waals surface area contributed by atoms with Crippen LogP contribution in [0.4, 0.5) is 0 Å². The predicted molar refractivity (Wildman–Crippen MR) is 51.3 cm³/mol. The molecule has 1 amide bonds. The first-order chi connectivity index (χ1) is 6.56. The number of amides is 1. The van der Waals surface area contributed by atoms with E-state index in [-0.39, 0.29) is 17.3 Å². The Balaban J connectivity index is 2.81. The van der Waals surface area contributed by atoms with E-state index in [1.54, 1.807) is 0 Å². The van der Waals surface area contributed by atoms with Gasteiger partial charge in [-0.05, 0) is 12.8 Å². The van der Waals surface area contributed by atoms with E-state index in [1.807, 2.05) is 0 Å². The number of primary amides is 1. The highest BCUT2D eigenvalue weighted by molar-refractivity contribution is 6.17. The summed E-state index contributed by atoms with van der Waals surface area (Å²) in [7, 11) is 1.29. The Morgan fingerprint density at radius 3 is 2.43 bits per heavy atom. The third-order valence-electron chi connectivity index (χ3n) is 1.88. The predicted octanol–water partition coefficient (Wildman–Crippen LogP) is -0.982. The van der Waals surface area contributed by atoms with Crippen molar-refractivity contribution in [1.29, 1.82) is 5.41 Å². The fraction of sp³-hybridized carbons (Fsp3) is 0.500. The zero-order valence-electron chi connectivity index (χ0n) is 7.96. The fourth-order valence-corrected chi connectivity index (χ4v) is 0.989. The summed E-state index contributed by atoms with van der Waals surface area (Å²) in [6, 6.07) is 0.300. The quantitative estimate of drug-likeness (QED) is 0.264. The monoisotopic (exact) mass is 198 g/mol. The molecule has 1 fully saturated rings. The van der Waals surface area contributed by atoms with Crippen LogP contribution in [-0.2, 0) is 9.53 Å². The van der Waals surface area contributed by atoms with Crippen LogP contribution in [0, 0.1) is 5.41 Å². The first kappa shape index (κ1) is 10.4. The Morgan fingerprint density at radius 2 is 2.07 bits per heavy atom. The van der Waals surface area contributed by atoms with Gasteiger partial charge in [0.15, 0.2) is 0 Å². The van der Waals surface area contributed by atoms with Gasteiger partial charge in [0.2, 0.25) is 5.90 Å². The average molecular weight is 198 g/mol. The third-order valence-corrected chi connectivity index (χ3v) is 1.88. The van der Waals surface area contributed by atoms with Crippen molar-refractivity contribution in [3.05, 3.63) is 11.4 Å². The first-order valence-corrected chi connectivity index (χ1v) is 4.25. The summed E-state index contributed by atoms with van der Waals surface area (Å²) in [6.07, 6.45) is 2.04. The number of hydrogen-bond donors (Lipinski definition) is 4. The number of nitrogens with two attached hydrogens (primary N) is 2. The van der Waals surface area contributed by atoms with Crippen molar-refractivity contribution < 1.29 is 9.53 Å². The van der Waals surface area contributed by atoms with Crippen molar-refractivity contribution in [2.45, 2.75) is 18.9 Å². The van der Waals surface area contributed by atoms with Gasteiger partial charge in [0.1, 0.15) is 11.4 Å². The molecule has 78 valence electrons. The number of ether oxygens (including phenoxy) is 1. The molecule has 1 aliphatic carbocycles. The second-order valence-electron chi connectivity index (χ2n) is 3.10. The van der Waals surface area contributed by atoms with Crippen LogP contribution >= 0.6 is 0 Å². The highest BCUT2D eigenvalue weighted by Gasteiger charge is 2.24. The molecular weight excluding hydrogens is 184 g/mol. The molecule has 0 atom stereocenters. The number of rotatable bonds is 4. The molecule has 6 heteroatoms. The minimum absolute atomic E-state index is 0.0978. The standard InChI is InChI=1S/C8H14N4O2/c1-14-8(11)5(7(10)13)6(9)12-4-2-3-4/h4,11-12H,2-3,9H2,1H3,(H2,10,13)/b6-5+,11-8?. The minimum atomic E-state index is -0.762. The molecule has 6 nitrogen and oxygen atoms in total. The van der Waals surface area contributed by atoms with Crippen LogP contribution in [0.25, 0.3) is 0 Å². The van der Waals surface area contributed by atoms with E-state index in [1.165, 1.54) is 7.11 Å². The molecule has 0 bridgehead atoms. The zero-order valence-corrected chi connectivity index (χ0v) is 7.96. The highest BCUT2D eigenvalue weighted by Crippen LogP contribution is 2.19. The summed E-state index contributed by atoms with van der Waals surface area (Å²) in [4.78, 5) is 11.0. The van der Waals surface area contributed by atoms with Crippen LogP contribution in [0.3, 0.4) is 0 Å². The lowest BCUT2D eigenvalue weighted by Gasteiger charge is -2.10. The minimum Gasteiger partial charge on any atom is -0.481 e.